The molecular weight excluding hydrogens is 413 g/mol. The molecule has 0 aliphatic carbocycles. The summed E-state index contributed by atoms with van der Waals surface area (Å²) >= 11 is 1.40. The zero-order valence-electron chi connectivity index (χ0n) is 17.8. The van der Waals surface area contributed by atoms with Crippen molar-refractivity contribution in [3.8, 4) is 23.0 Å². The average Bonchev–Trinajstić information content (AvgIpc) is 2.77. The summed E-state index contributed by atoms with van der Waals surface area (Å²) in [6, 6.07) is 12.1. The monoisotopic (exact) mass is 437 g/mol. The summed E-state index contributed by atoms with van der Waals surface area (Å²) in [5, 5.41) is 0.719. The van der Waals surface area contributed by atoms with E-state index in [1.54, 1.807) is 17.0 Å². The van der Waals surface area contributed by atoms with Crippen LogP contribution in [0.2, 0.25) is 0 Å². The number of halogens is 1. The van der Waals surface area contributed by atoms with Crippen LogP contribution in [0.15, 0.2) is 47.5 Å². The van der Waals surface area contributed by atoms with Crippen molar-refractivity contribution in [1.29, 1.82) is 0 Å². The van der Waals surface area contributed by atoms with Crippen LogP contribution in [0.3, 0.4) is 0 Å². The molecule has 4 rings (SSSR count). The third-order valence-electron chi connectivity index (χ3n) is 5.27. The molecule has 0 fully saturated rings. The highest BCUT2D eigenvalue weighted by Gasteiger charge is 2.25. The Labute approximate surface area is 185 Å². The minimum absolute atomic E-state index is 0.0682. The molecule has 1 amide bonds. The fraction of sp³-hybridized carbons (Fsp3) is 0.292. The third-order valence-corrected chi connectivity index (χ3v) is 6.27. The largest absolute Gasteiger partial charge is 0.438 e. The number of aromatic nitrogens is 2. The van der Waals surface area contributed by atoms with Crippen molar-refractivity contribution in [2.45, 2.75) is 32.2 Å². The van der Waals surface area contributed by atoms with E-state index >= 15 is 0 Å². The lowest BCUT2D eigenvalue weighted by Gasteiger charge is -2.23. The van der Waals surface area contributed by atoms with E-state index in [2.05, 4.69) is 11.1 Å². The van der Waals surface area contributed by atoms with Crippen LogP contribution in [0.25, 0.3) is 11.4 Å². The van der Waals surface area contributed by atoms with Crippen LogP contribution < -0.4 is 4.74 Å². The van der Waals surface area contributed by atoms with Gasteiger partial charge in [0.1, 0.15) is 16.6 Å². The summed E-state index contributed by atoms with van der Waals surface area (Å²) in [7, 11) is 0. The van der Waals surface area contributed by atoms with E-state index in [0.717, 1.165) is 27.5 Å². The van der Waals surface area contributed by atoms with E-state index in [1.165, 1.54) is 23.9 Å². The molecule has 31 heavy (non-hydrogen) atoms. The maximum absolute atomic E-state index is 13.4. The number of thioether (sulfide) groups is 1. The van der Waals surface area contributed by atoms with E-state index in [-0.39, 0.29) is 17.5 Å². The smallest absolute Gasteiger partial charge is 0.232 e. The van der Waals surface area contributed by atoms with Crippen molar-refractivity contribution in [2.24, 2.45) is 0 Å². The number of hydrogen-bond acceptors (Lipinski definition) is 5. The van der Waals surface area contributed by atoms with Gasteiger partial charge in [0.2, 0.25) is 11.8 Å². The van der Waals surface area contributed by atoms with Crippen LogP contribution in [0.1, 0.15) is 30.5 Å². The normalized spacial score (nSPS) is 12.0. The molecule has 2 heterocycles. The first-order valence-corrected chi connectivity index (χ1v) is 11.3. The molecule has 2 aromatic carbocycles. The van der Waals surface area contributed by atoms with Gasteiger partial charge in [0.25, 0.3) is 0 Å². The van der Waals surface area contributed by atoms with Crippen molar-refractivity contribution in [2.75, 3.05) is 18.8 Å². The molecule has 1 aliphatic heterocycles. The lowest BCUT2D eigenvalue weighted by Crippen LogP contribution is -2.31. The number of nitrogens with zero attached hydrogens (tertiary/aromatic N) is 3. The minimum atomic E-state index is -0.318. The Hall–Kier alpha value is -2.93. The number of amides is 1. The summed E-state index contributed by atoms with van der Waals surface area (Å²) in [4.78, 5) is 23.7. The molecule has 3 aromatic rings. The first-order chi connectivity index (χ1) is 15.0. The quantitative estimate of drug-likeness (QED) is 0.305. The molecule has 0 saturated carbocycles. The molecule has 7 heteroatoms. The van der Waals surface area contributed by atoms with E-state index in [1.807, 2.05) is 32.9 Å². The van der Waals surface area contributed by atoms with Crippen LogP contribution in [-0.4, -0.2) is 39.6 Å². The first kappa shape index (κ1) is 21.3. The Morgan fingerprint density at radius 1 is 1.13 bits per heavy atom. The second kappa shape index (κ2) is 9.06. The van der Waals surface area contributed by atoms with Crippen LogP contribution in [0.5, 0.6) is 11.6 Å². The topological polar surface area (TPSA) is 55.3 Å². The summed E-state index contributed by atoms with van der Waals surface area (Å²) < 4.78 is 19.5. The van der Waals surface area contributed by atoms with Gasteiger partial charge in [0, 0.05) is 25.1 Å². The first-order valence-electron chi connectivity index (χ1n) is 10.3. The van der Waals surface area contributed by atoms with Gasteiger partial charge in [0.15, 0.2) is 5.82 Å². The lowest BCUT2D eigenvalue weighted by molar-refractivity contribution is -0.127. The molecule has 0 spiro atoms. The SMILES string of the molecule is CCN(CC)C(=O)CSc1nc(-c2ccc(F)cc2)nc2c1Cc1cc(C)ccc1O2. The predicted molar refractivity (Wildman–Crippen MR) is 120 cm³/mol. The Morgan fingerprint density at radius 3 is 2.58 bits per heavy atom. The highest BCUT2D eigenvalue weighted by Crippen LogP contribution is 2.40. The van der Waals surface area contributed by atoms with Gasteiger partial charge in [-0.3, -0.25) is 4.79 Å². The number of carbonyl (C=O) groups is 1. The van der Waals surface area contributed by atoms with Crippen LogP contribution in [0.4, 0.5) is 4.39 Å². The van der Waals surface area contributed by atoms with Crippen LogP contribution in [0, 0.1) is 12.7 Å². The fourth-order valence-corrected chi connectivity index (χ4v) is 4.49. The number of hydrogen-bond donors (Lipinski definition) is 0. The van der Waals surface area contributed by atoms with Gasteiger partial charge >= 0.3 is 0 Å². The molecule has 1 aliphatic rings. The van der Waals surface area contributed by atoms with E-state index in [9.17, 15) is 9.18 Å². The molecule has 5 nitrogen and oxygen atoms in total. The van der Waals surface area contributed by atoms with Gasteiger partial charge in [-0.25, -0.2) is 9.37 Å². The van der Waals surface area contributed by atoms with Gasteiger partial charge in [-0.15, -0.1) is 0 Å². The Morgan fingerprint density at radius 2 is 1.87 bits per heavy atom. The molecule has 0 atom stereocenters. The Bertz CT molecular complexity index is 1110. The second-order valence-electron chi connectivity index (χ2n) is 7.39. The van der Waals surface area contributed by atoms with Crippen molar-refractivity contribution >= 4 is 17.7 Å². The molecule has 160 valence electrons. The lowest BCUT2D eigenvalue weighted by atomic mass is 10.0. The van der Waals surface area contributed by atoms with Crippen LogP contribution in [-0.2, 0) is 11.2 Å². The van der Waals surface area contributed by atoms with Crippen LogP contribution >= 0.6 is 11.8 Å². The minimum Gasteiger partial charge on any atom is -0.438 e. The number of carbonyl (C=O) groups excluding carboxylic acids is 1. The Kier molecular flexibility index (Phi) is 6.23. The van der Waals surface area contributed by atoms with Gasteiger partial charge in [-0.1, -0.05) is 29.5 Å². The van der Waals surface area contributed by atoms with Gasteiger partial charge in [0.05, 0.1) is 11.3 Å². The standard InChI is InChI=1S/C24H24FN3O2S/c1-4-28(5-2)21(29)14-31-24-19-13-17-12-15(3)6-11-20(17)30-23(19)26-22(27-24)16-7-9-18(25)10-8-16/h6-12H,4-5,13-14H2,1-3H3. The molecule has 0 radical (unpaired) electrons. The zero-order valence-corrected chi connectivity index (χ0v) is 18.6. The second-order valence-corrected chi connectivity index (χ2v) is 8.35. The Balaban J connectivity index is 1.72. The van der Waals surface area contributed by atoms with E-state index in [0.29, 0.717) is 36.8 Å². The molecule has 0 unspecified atom stereocenters. The summed E-state index contributed by atoms with van der Waals surface area (Å²) in [6.45, 7) is 7.34. The summed E-state index contributed by atoms with van der Waals surface area (Å²) in [5.41, 5.74) is 3.80. The predicted octanol–water partition coefficient (Wildman–Crippen LogP) is 5.25. The molecule has 0 N–H and O–H groups in total. The van der Waals surface area contributed by atoms with E-state index < -0.39 is 0 Å². The average molecular weight is 438 g/mol. The number of fused-ring (bicyclic) bond motifs is 2. The fourth-order valence-electron chi connectivity index (χ4n) is 3.57. The summed E-state index contributed by atoms with van der Waals surface area (Å²) in [6.07, 6.45) is 0.637. The van der Waals surface area contributed by atoms with Gasteiger partial charge in [-0.05, 0) is 56.7 Å². The third kappa shape index (κ3) is 4.56. The molecule has 0 saturated heterocycles. The zero-order chi connectivity index (χ0) is 22.0. The van der Waals surface area contributed by atoms with Crippen molar-refractivity contribution in [3.63, 3.8) is 0 Å². The van der Waals surface area contributed by atoms with Crippen molar-refractivity contribution in [1.82, 2.24) is 14.9 Å². The van der Waals surface area contributed by atoms with Crippen molar-refractivity contribution in [3.05, 3.63) is 65.0 Å². The highest BCUT2D eigenvalue weighted by atomic mass is 32.2. The highest BCUT2D eigenvalue weighted by molar-refractivity contribution is 7.99. The number of aryl methyl sites for hydroxylation is 1. The maximum Gasteiger partial charge on any atom is 0.232 e. The molecular formula is C24H24FN3O2S. The number of ether oxygens (including phenoxy) is 1. The van der Waals surface area contributed by atoms with Gasteiger partial charge < -0.3 is 9.64 Å². The van der Waals surface area contributed by atoms with Gasteiger partial charge in [-0.2, -0.15) is 4.98 Å². The maximum atomic E-state index is 13.4. The molecule has 0 bridgehead atoms. The molecule has 1 aromatic heterocycles. The van der Waals surface area contributed by atoms with Crippen molar-refractivity contribution < 1.29 is 13.9 Å². The number of rotatable bonds is 6. The number of benzene rings is 2. The van der Waals surface area contributed by atoms with E-state index in [4.69, 9.17) is 9.72 Å². The summed E-state index contributed by atoms with van der Waals surface area (Å²) in [5.74, 6) is 1.75.